The molecule has 1 atom stereocenters. The monoisotopic (exact) mass is 314 g/mol. The zero-order chi connectivity index (χ0) is 16.5. The third kappa shape index (κ3) is 5.30. The summed E-state index contributed by atoms with van der Waals surface area (Å²) in [6, 6.07) is 16.8. The molecule has 3 N–H and O–H groups in total. The number of rotatable bonds is 7. The Morgan fingerprint density at radius 2 is 1.96 bits per heavy atom. The highest BCUT2D eigenvalue weighted by Gasteiger charge is 2.12. The Morgan fingerprint density at radius 3 is 2.65 bits per heavy atom. The maximum absolute atomic E-state index is 12.0. The molecule has 0 radical (unpaired) electrons. The number of nitrogens with one attached hydrogen (secondary N) is 2. The molecule has 23 heavy (non-hydrogen) atoms. The molecule has 0 aliphatic heterocycles. The van der Waals surface area contributed by atoms with Crippen molar-refractivity contribution in [2.24, 2.45) is 0 Å². The summed E-state index contributed by atoms with van der Waals surface area (Å²) in [4.78, 5) is 12.0. The maximum atomic E-state index is 12.0. The number of hydrogen-bond acceptors (Lipinski definition) is 3. The van der Waals surface area contributed by atoms with Gasteiger partial charge in [-0.25, -0.2) is 4.79 Å². The standard InChI is InChI=1S/C18H22N2O3/c1-23-17-9-5-8-16(12-17)20-18(22)19-13-15(10-11-21)14-6-3-2-4-7-14/h2-9,12,15,21H,10-11,13H2,1H3,(H2,19,20,22). The van der Waals surface area contributed by atoms with Crippen LogP contribution in [0.15, 0.2) is 54.6 Å². The molecule has 5 heteroatoms. The molecule has 0 bridgehead atoms. The van der Waals surface area contributed by atoms with Crippen LogP contribution < -0.4 is 15.4 Å². The second kappa shape index (κ2) is 8.80. The lowest BCUT2D eigenvalue weighted by atomic mass is 9.96. The van der Waals surface area contributed by atoms with Crippen LogP contribution >= 0.6 is 0 Å². The number of aliphatic hydroxyl groups excluding tert-OH is 1. The van der Waals surface area contributed by atoms with E-state index in [0.29, 0.717) is 24.4 Å². The van der Waals surface area contributed by atoms with Gasteiger partial charge in [-0.2, -0.15) is 0 Å². The lowest BCUT2D eigenvalue weighted by molar-refractivity contribution is 0.248. The highest BCUT2D eigenvalue weighted by molar-refractivity contribution is 5.89. The molecule has 2 amide bonds. The number of aliphatic hydroxyl groups is 1. The molecule has 2 rings (SSSR count). The molecule has 0 aromatic heterocycles. The summed E-state index contributed by atoms with van der Waals surface area (Å²) in [6.45, 7) is 0.541. The molecule has 122 valence electrons. The van der Waals surface area contributed by atoms with Gasteiger partial charge in [-0.1, -0.05) is 36.4 Å². The normalized spacial score (nSPS) is 11.6. The van der Waals surface area contributed by atoms with E-state index < -0.39 is 0 Å². The van der Waals surface area contributed by atoms with Crippen molar-refractivity contribution in [3.8, 4) is 5.75 Å². The van der Waals surface area contributed by atoms with E-state index in [1.165, 1.54) is 0 Å². The summed E-state index contributed by atoms with van der Waals surface area (Å²) in [5.41, 5.74) is 1.77. The molecular weight excluding hydrogens is 292 g/mol. The first-order valence-corrected chi connectivity index (χ1v) is 7.57. The summed E-state index contributed by atoms with van der Waals surface area (Å²) in [5, 5.41) is 14.8. The van der Waals surface area contributed by atoms with Crippen LogP contribution in [0.4, 0.5) is 10.5 Å². The van der Waals surface area contributed by atoms with Crippen molar-refractivity contribution in [2.45, 2.75) is 12.3 Å². The number of carbonyl (C=O) groups excluding carboxylic acids is 1. The summed E-state index contributed by atoms with van der Waals surface area (Å²) < 4.78 is 5.12. The van der Waals surface area contributed by atoms with Crippen molar-refractivity contribution in [3.63, 3.8) is 0 Å². The van der Waals surface area contributed by atoms with Crippen LogP contribution in [0.5, 0.6) is 5.75 Å². The number of urea groups is 1. The predicted molar refractivity (Wildman–Crippen MR) is 90.9 cm³/mol. The molecule has 0 aliphatic rings. The first-order valence-electron chi connectivity index (χ1n) is 7.57. The molecule has 2 aromatic rings. The first-order chi connectivity index (χ1) is 11.2. The van der Waals surface area contributed by atoms with E-state index in [9.17, 15) is 9.90 Å². The molecule has 0 saturated carbocycles. The fourth-order valence-electron chi connectivity index (χ4n) is 2.36. The lowest BCUT2D eigenvalue weighted by Gasteiger charge is -2.17. The molecule has 0 aliphatic carbocycles. The molecule has 0 spiro atoms. The van der Waals surface area contributed by atoms with E-state index >= 15 is 0 Å². The van der Waals surface area contributed by atoms with Gasteiger partial charge in [-0.15, -0.1) is 0 Å². The van der Waals surface area contributed by atoms with Gasteiger partial charge in [-0.3, -0.25) is 0 Å². The van der Waals surface area contributed by atoms with Crippen LogP contribution in [0.1, 0.15) is 17.9 Å². The number of amides is 2. The minimum atomic E-state index is -0.280. The first kappa shape index (κ1) is 16.8. The third-order valence-electron chi connectivity index (χ3n) is 3.59. The maximum Gasteiger partial charge on any atom is 0.319 e. The third-order valence-corrected chi connectivity index (χ3v) is 3.59. The molecule has 5 nitrogen and oxygen atoms in total. The van der Waals surface area contributed by atoms with Gasteiger partial charge >= 0.3 is 6.03 Å². The van der Waals surface area contributed by atoms with Gasteiger partial charge in [0.2, 0.25) is 0 Å². The van der Waals surface area contributed by atoms with Gasteiger partial charge in [0, 0.05) is 30.8 Å². The Labute approximate surface area is 136 Å². The number of methoxy groups -OCH3 is 1. The van der Waals surface area contributed by atoms with Crippen molar-refractivity contribution in [3.05, 3.63) is 60.2 Å². The van der Waals surface area contributed by atoms with Crippen LogP contribution in [0.3, 0.4) is 0 Å². The topological polar surface area (TPSA) is 70.6 Å². The van der Waals surface area contributed by atoms with Crippen LogP contribution in [0.25, 0.3) is 0 Å². The van der Waals surface area contributed by atoms with Crippen molar-refractivity contribution < 1.29 is 14.6 Å². The summed E-state index contributed by atoms with van der Waals surface area (Å²) in [5.74, 6) is 0.766. The van der Waals surface area contributed by atoms with E-state index in [4.69, 9.17) is 4.74 Å². The second-order valence-corrected chi connectivity index (χ2v) is 5.19. The average Bonchev–Trinajstić information content (AvgIpc) is 2.59. The largest absolute Gasteiger partial charge is 0.497 e. The van der Waals surface area contributed by atoms with Crippen molar-refractivity contribution in [2.75, 3.05) is 25.6 Å². The SMILES string of the molecule is COc1cccc(NC(=O)NCC(CCO)c2ccccc2)c1. The minimum Gasteiger partial charge on any atom is -0.497 e. The summed E-state index contributed by atoms with van der Waals surface area (Å²) in [6.07, 6.45) is 0.601. The molecule has 0 heterocycles. The zero-order valence-corrected chi connectivity index (χ0v) is 13.2. The van der Waals surface area contributed by atoms with Crippen molar-refractivity contribution >= 4 is 11.7 Å². The van der Waals surface area contributed by atoms with Gasteiger partial charge in [0.05, 0.1) is 7.11 Å². The van der Waals surface area contributed by atoms with E-state index in [1.54, 1.807) is 19.2 Å². The van der Waals surface area contributed by atoms with Crippen LogP contribution in [0, 0.1) is 0 Å². The number of anilines is 1. The zero-order valence-electron chi connectivity index (χ0n) is 13.2. The van der Waals surface area contributed by atoms with Gasteiger partial charge in [0.15, 0.2) is 0 Å². The molecule has 0 saturated heterocycles. The Hall–Kier alpha value is -2.53. The molecule has 2 aromatic carbocycles. The van der Waals surface area contributed by atoms with Crippen LogP contribution in [0.2, 0.25) is 0 Å². The molecule has 1 unspecified atom stereocenters. The van der Waals surface area contributed by atoms with E-state index in [1.807, 2.05) is 42.5 Å². The second-order valence-electron chi connectivity index (χ2n) is 5.19. The molecular formula is C18H22N2O3. The number of ether oxygens (including phenoxy) is 1. The van der Waals surface area contributed by atoms with Crippen molar-refractivity contribution in [1.29, 1.82) is 0 Å². The van der Waals surface area contributed by atoms with E-state index in [0.717, 1.165) is 5.56 Å². The minimum absolute atomic E-state index is 0.0808. The summed E-state index contributed by atoms with van der Waals surface area (Å²) in [7, 11) is 1.58. The van der Waals surface area contributed by atoms with Gasteiger partial charge in [0.25, 0.3) is 0 Å². The van der Waals surface area contributed by atoms with Crippen LogP contribution in [-0.4, -0.2) is 31.4 Å². The number of hydrogen-bond donors (Lipinski definition) is 3. The summed E-state index contributed by atoms with van der Waals surface area (Å²) >= 11 is 0. The smallest absolute Gasteiger partial charge is 0.319 e. The van der Waals surface area contributed by atoms with Crippen LogP contribution in [-0.2, 0) is 0 Å². The van der Waals surface area contributed by atoms with E-state index in [-0.39, 0.29) is 18.6 Å². The fraction of sp³-hybridized carbons (Fsp3) is 0.278. The average molecular weight is 314 g/mol. The number of carbonyl (C=O) groups is 1. The Bertz CT molecular complexity index is 617. The predicted octanol–water partition coefficient (Wildman–Crippen LogP) is 2.98. The molecule has 0 fully saturated rings. The highest BCUT2D eigenvalue weighted by Crippen LogP contribution is 2.19. The van der Waals surface area contributed by atoms with Gasteiger partial charge in [0.1, 0.15) is 5.75 Å². The number of benzene rings is 2. The van der Waals surface area contributed by atoms with Gasteiger partial charge < -0.3 is 20.5 Å². The Morgan fingerprint density at radius 1 is 1.17 bits per heavy atom. The van der Waals surface area contributed by atoms with Gasteiger partial charge in [-0.05, 0) is 24.1 Å². The highest BCUT2D eigenvalue weighted by atomic mass is 16.5. The fourth-order valence-corrected chi connectivity index (χ4v) is 2.36. The quantitative estimate of drug-likeness (QED) is 0.736. The Kier molecular flexibility index (Phi) is 6.44. The lowest BCUT2D eigenvalue weighted by Crippen LogP contribution is -2.32. The van der Waals surface area contributed by atoms with E-state index in [2.05, 4.69) is 10.6 Å². The Balaban J connectivity index is 1.91. The van der Waals surface area contributed by atoms with Crippen molar-refractivity contribution in [1.82, 2.24) is 5.32 Å².